The fourth-order valence-corrected chi connectivity index (χ4v) is 3.58. The molecule has 0 saturated carbocycles. The van der Waals surface area contributed by atoms with Crippen molar-refractivity contribution in [1.82, 2.24) is 5.43 Å². The van der Waals surface area contributed by atoms with Crippen LogP contribution in [0.4, 0.5) is 0 Å². The zero-order chi connectivity index (χ0) is 13.9. The van der Waals surface area contributed by atoms with Crippen LogP contribution in [0, 0.1) is 6.92 Å². The molecule has 1 N–H and O–H groups in total. The zero-order valence-electron chi connectivity index (χ0n) is 10.8. The molecule has 0 bridgehead atoms. The first-order valence-electron chi connectivity index (χ1n) is 6.10. The molecule has 3 nitrogen and oxygen atoms in total. The highest BCUT2D eigenvalue weighted by molar-refractivity contribution is 7.17. The van der Waals surface area contributed by atoms with Crippen LogP contribution in [0.3, 0.4) is 0 Å². The Kier molecular flexibility index (Phi) is 3.62. The summed E-state index contributed by atoms with van der Waals surface area (Å²) in [6.45, 7) is 2.04. The molecule has 0 aliphatic heterocycles. The van der Waals surface area contributed by atoms with Crippen LogP contribution in [0.5, 0.6) is 0 Å². The van der Waals surface area contributed by atoms with E-state index in [4.69, 9.17) is 0 Å². The van der Waals surface area contributed by atoms with Crippen molar-refractivity contribution in [2.24, 2.45) is 5.10 Å². The Labute approximate surface area is 124 Å². The molecule has 5 heteroatoms. The summed E-state index contributed by atoms with van der Waals surface area (Å²) >= 11 is 3.21. The van der Waals surface area contributed by atoms with Gasteiger partial charge in [-0.05, 0) is 25.1 Å². The fraction of sp³-hybridized carbons (Fsp3) is 0.0667. The summed E-state index contributed by atoms with van der Waals surface area (Å²) in [5.74, 6) is -0.174. The molecule has 0 unspecified atom stereocenters. The number of hydrogen-bond donors (Lipinski definition) is 1. The maximum Gasteiger partial charge on any atom is 0.272 e. The van der Waals surface area contributed by atoms with Gasteiger partial charge in [-0.2, -0.15) is 5.10 Å². The molecule has 20 heavy (non-hydrogen) atoms. The van der Waals surface area contributed by atoms with Crippen molar-refractivity contribution in [3.05, 3.63) is 57.1 Å². The Hall–Kier alpha value is -1.98. The van der Waals surface area contributed by atoms with Gasteiger partial charge in [0, 0.05) is 25.2 Å². The molecular formula is C15H12N2OS2. The number of hydrazone groups is 1. The van der Waals surface area contributed by atoms with Gasteiger partial charge in [-0.15, -0.1) is 22.7 Å². The summed E-state index contributed by atoms with van der Waals surface area (Å²) in [5.41, 5.74) is 3.25. The first-order valence-corrected chi connectivity index (χ1v) is 7.80. The van der Waals surface area contributed by atoms with Crippen molar-refractivity contribution in [1.29, 1.82) is 0 Å². The van der Waals surface area contributed by atoms with Gasteiger partial charge in [-0.25, -0.2) is 5.43 Å². The number of hydrogen-bond acceptors (Lipinski definition) is 4. The van der Waals surface area contributed by atoms with Crippen molar-refractivity contribution in [2.75, 3.05) is 0 Å². The lowest BCUT2D eigenvalue weighted by Gasteiger charge is -1.97. The molecule has 0 spiro atoms. The van der Waals surface area contributed by atoms with Crippen molar-refractivity contribution in [3.63, 3.8) is 0 Å². The molecule has 1 aromatic carbocycles. The minimum Gasteiger partial charge on any atom is -0.267 e. The van der Waals surface area contributed by atoms with E-state index in [-0.39, 0.29) is 5.91 Å². The highest BCUT2D eigenvalue weighted by Gasteiger charge is 2.10. The van der Waals surface area contributed by atoms with Gasteiger partial charge in [-0.3, -0.25) is 4.79 Å². The lowest BCUT2D eigenvalue weighted by Crippen LogP contribution is -2.16. The largest absolute Gasteiger partial charge is 0.272 e. The molecule has 0 atom stereocenters. The highest BCUT2D eigenvalue weighted by atomic mass is 32.1. The number of carbonyl (C=O) groups excluding carboxylic acids is 1. The van der Waals surface area contributed by atoms with Crippen molar-refractivity contribution >= 4 is 44.9 Å². The summed E-state index contributed by atoms with van der Waals surface area (Å²) in [5, 5.41) is 6.84. The summed E-state index contributed by atoms with van der Waals surface area (Å²) < 4.78 is 1.11. The number of benzene rings is 1. The first kappa shape index (κ1) is 13.0. The van der Waals surface area contributed by atoms with Crippen LogP contribution < -0.4 is 5.43 Å². The quantitative estimate of drug-likeness (QED) is 0.576. The van der Waals surface area contributed by atoms with Crippen molar-refractivity contribution in [3.8, 4) is 0 Å². The summed E-state index contributed by atoms with van der Waals surface area (Å²) in [6.07, 6.45) is 1.67. The van der Waals surface area contributed by atoms with E-state index < -0.39 is 0 Å². The van der Waals surface area contributed by atoms with Crippen LogP contribution >= 0.6 is 22.7 Å². The SMILES string of the molecule is Cc1ccc(/C=N\NC(=O)c2csc3ccccc23)s1. The Morgan fingerprint density at radius 1 is 1.25 bits per heavy atom. The van der Waals surface area contributed by atoms with Gasteiger partial charge in [0.2, 0.25) is 0 Å². The Bertz CT molecular complexity index is 786. The Morgan fingerprint density at radius 3 is 2.90 bits per heavy atom. The molecule has 0 saturated heterocycles. The molecule has 0 aliphatic carbocycles. The third-order valence-electron chi connectivity index (χ3n) is 2.84. The number of nitrogens with zero attached hydrogens (tertiary/aromatic N) is 1. The second-order valence-corrected chi connectivity index (χ2v) is 6.52. The molecule has 0 aliphatic rings. The van der Waals surface area contributed by atoms with E-state index in [2.05, 4.69) is 10.5 Å². The average Bonchev–Trinajstić information content (AvgIpc) is 3.05. The van der Waals surface area contributed by atoms with Gasteiger partial charge >= 0.3 is 0 Å². The Balaban J connectivity index is 1.75. The van der Waals surface area contributed by atoms with E-state index in [9.17, 15) is 4.79 Å². The van der Waals surface area contributed by atoms with E-state index in [1.165, 1.54) is 4.88 Å². The topological polar surface area (TPSA) is 41.5 Å². The van der Waals surface area contributed by atoms with Crippen molar-refractivity contribution in [2.45, 2.75) is 6.92 Å². The van der Waals surface area contributed by atoms with Crippen LogP contribution in [0.15, 0.2) is 46.9 Å². The van der Waals surface area contributed by atoms with E-state index in [0.29, 0.717) is 5.56 Å². The van der Waals surface area contributed by atoms with Gasteiger partial charge in [0.05, 0.1) is 11.8 Å². The minimum atomic E-state index is -0.174. The van der Waals surface area contributed by atoms with Crippen LogP contribution in [-0.2, 0) is 0 Å². The molecule has 0 fully saturated rings. The van der Waals surface area contributed by atoms with Gasteiger partial charge in [-0.1, -0.05) is 18.2 Å². The number of fused-ring (bicyclic) bond motifs is 1. The normalized spacial score (nSPS) is 11.2. The monoisotopic (exact) mass is 300 g/mol. The third kappa shape index (κ3) is 2.64. The second kappa shape index (κ2) is 5.56. The van der Waals surface area contributed by atoms with E-state index in [1.54, 1.807) is 28.9 Å². The number of thiophene rings is 2. The molecule has 3 aromatic rings. The minimum absolute atomic E-state index is 0.174. The maximum atomic E-state index is 12.1. The van der Waals surface area contributed by atoms with Crippen LogP contribution in [0.1, 0.15) is 20.1 Å². The van der Waals surface area contributed by atoms with E-state index in [0.717, 1.165) is 15.0 Å². The zero-order valence-corrected chi connectivity index (χ0v) is 12.4. The number of aryl methyl sites for hydroxylation is 1. The fourth-order valence-electron chi connectivity index (χ4n) is 1.89. The number of carbonyl (C=O) groups is 1. The summed E-state index contributed by atoms with van der Waals surface area (Å²) in [4.78, 5) is 14.4. The van der Waals surface area contributed by atoms with Crippen LogP contribution in [-0.4, -0.2) is 12.1 Å². The third-order valence-corrected chi connectivity index (χ3v) is 4.74. The molecule has 1 amide bonds. The summed E-state index contributed by atoms with van der Waals surface area (Å²) in [7, 11) is 0. The maximum absolute atomic E-state index is 12.1. The van der Waals surface area contributed by atoms with Gasteiger partial charge < -0.3 is 0 Å². The molecule has 3 rings (SSSR count). The van der Waals surface area contributed by atoms with Crippen LogP contribution in [0.2, 0.25) is 0 Å². The van der Waals surface area contributed by atoms with E-state index >= 15 is 0 Å². The molecule has 100 valence electrons. The highest BCUT2D eigenvalue weighted by Crippen LogP contribution is 2.25. The van der Waals surface area contributed by atoms with Gasteiger partial charge in [0.1, 0.15) is 0 Å². The average molecular weight is 300 g/mol. The van der Waals surface area contributed by atoms with Gasteiger partial charge in [0.25, 0.3) is 5.91 Å². The molecule has 2 aromatic heterocycles. The van der Waals surface area contributed by atoms with Crippen molar-refractivity contribution < 1.29 is 4.79 Å². The molecule has 2 heterocycles. The van der Waals surface area contributed by atoms with Gasteiger partial charge in [0.15, 0.2) is 0 Å². The number of nitrogens with one attached hydrogen (secondary N) is 1. The second-order valence-electron chi connectivity index (χ2n) is 4.29. The summed E-state index contributed by atoms with van der Waals surface area (Å²) in [6, 6.07) is 11.9. The number of rotatable bonds is 3. The lowest BCUT2D eigenvalue weighted by molar-refractivity contribution is 0.0957. The molecular weight excluding hydrogens is 288 g/mol. The number of amides is 1. The standard InChI is InChI=1S/C15H12N2OS2/c1-10-6-7-11(20-10)8-16-17-15(18)13-9-19-14-5-3-2-4-12(13)14/h2-9H,1H3,(H,17,18)/b16-8-. The lowest BCUT2D eigenvalue weighted by atomic mass is 10.2. The van der Waals surface area contributed by atoms with E-state index in [1.807, 2.05) is 48.7 Å². The first-order chi connectivity index (χ1) is 9.74. The predicted octanol–water partition coefficient (Wildman–Crippen LogP) is 4.04. The molecule has 0 radical (unpaired) electrons. The predicted molar refractivity (Wildman–Crippen MR) is 85.9 cm³/mol. The Morgan fingerprint density at radius 2 is 2.10 bits per heavy atom. The smallest absolute Gasteiger partial charge is 0.267 e. The van der Waals surface area contributed by atoms with Crippen LogP contribution in [0.25, 0.3) is 10.1 Å².